The van der Waals surface area contributed by atoms with E-state index in [1.165, 1.54) is 6.26 Å². The van der Waals surface area contributed by atoms with Gasteiger partial charge in [0.25, 0.3) is 0 Å². The highest BCUT2D eigenvalue weighted by atomic mass is 32.2. The molecule has 0 spiro atoms. The zero-order chi connectivity index (χ0) is 12.4. The summed E-state index contributed by atoms with van der Waals surface area (Å²) in [4.78, 5) is 0. The molecule has 98 valence electrons. The van der Waals surface area contributed by atoms with E-state index in [2.05, 4.69) is 0 Å². The Labute approximate surface area is 101 Å². The van der Waals surface area contributed by atoms with Crippen molar-refractivity contribution in [3.8, 4) is 0 Å². The third-order valence-electron chi connectivity index (χ3n) is 1.91. The van der Waals surface area contributed by atoms with Crippen molar-refractivity contribution in [2.24, 2.45) is 0 Å². The molecule has 0 radical (unpaired) electrons. The first kappa shape index (κ1) is 16.3. The molecular weight excluding hydrogens is 247 g/mol. The summed E-state index contributed by atoms with van der Waals surface area (Å²) in [6.45, 7) is 4.89. The van der Waals surface area contributed by atoms with Gasteiger partial charge in [-0.1, -0.05) is 26.7 Å². The Morgan fingerprint density at radius 3 is 1.81 bits per heavy atom. The van der Waals surface area contributed by atoms with Crippen molar-refractivity contribution >= 4 is 18.4 Å². The number of unbranched alkanes of at least 4 members (excludes halogenated alkanes) is 2. The molecule has 0 bridgehead atoms. The van der Waals surface area contributed by atoms with Gasteiger partial charge in [0.1, 0.15) is 5.49 Å². The smallest absolute Gasteiger partial charge is 0.308 e. The minimum absolute atomic E-state index is 0.000425. The summed E-state index contributed by atoms with van der Waals surface area (Å²) in [6, 6.07) is 0. The summed E-state index contributed by atoms with van der Waals surface area (Å²) in [7, 11) is -4.29. The molecule has 0 N–H and O–H groups in total. The highest BCUT2D eigenvalue weighted by Gasteiger charge is 2.25. The van der Waals surface area contributed by atoms with Gasteiger partial charge in [0.2, 0.25) is 0 Å². The van der Waals surface area contributed by atoms with Crippen LogP contribution < -0.4 is 0 Å². The van der Waals surface area contributed by atoms with Crippen molar-refractivity contribution in [3.05, 3.63) is 0 Å². The lowest BCUT2D eigenvalue weighted by Gasteiger charge is -2.17. The standard InChI is InChI=1S/C10H23O4PS/c1-4-6-8-13-15(11,10-16(3)12)14-9-7-5-2/h4-10H2,1-3H3. The third kappa shape index (κ3) is 8.45. The predicted molar refractivity (Wildman–Crippen MR) is 68.3 cm³/mol. The van der Waals surface area contributed by atoms with Crippen LogP contribution in [0.4, 0.5) is 0 Å². The zero-order valence-electron chi connectivity index (χ0n) is 10.4. The summed E-state index contributed by atoms with van der Waals surface area (Å²) < 4.78 is 33.8. The lowest BCUT2D eigenvalue weighted by atomic mass is 10.4. The molecule has 0 amide bonds. The van der Waals surface area contributed by atoms with E-state index in [1.807, 2.05) is 13.8 Å². The first-order valence-corrected chi connectivity index (χ1v) is 9.17. The van der Waals surface area contributed by atoms with E-state index in [-0.39, 0.29) is 5.49 Å². The molecule has 0 aliphatic heterocycles. The van der Waals surface area contributed by atoms with Crippen molar-refractivity contribution in [2.75, 3.05) is 25.0 Å². The summed E-state index contributed by atoms with van der Waals surface area (Å²) >= 11 is 0. The molecule has 0 heterocycles. The van der Waals surface area contributed by atoms with E-state index in [4.69, 9.17) is 9.05 Å². The molecule has 0 aromatic carbocycles. The van der Waals surface area contributed by atoms with Gasteiger partial charge in [-0.15, -0.1) is 0 Å². The van der Waals surface area contributed by atoms with Gasteiger partial charge in [0.05, 0.1) is 13.2 Å². The maximum Gasteiger partial charge on any atom is 0.343 e. The van der Waals surface area contributed by atoms with Gasteiger partial charge in [-0.3, -0.25) is 8.77 Å². The Kier molecular flexibility index (Phi) is 9.52. The average molecular weight is 270 g/mol. The second-order valence-corrected chi connectivity index (χ2v) is 7.60. The molecule has 16 heavy (non-hydrogen) atoms. The first-order valence-electron chi connectivity index (χ1n) is 5.72. The highest BCUT2D eigenvalue weighted by molar-refractivity contribution is 7.91. The van der Waals surface area contributed by atoms with E-state index in [0.29, 0.717) is 13.2 Å². The lowest BCUT2D eigenvalue weighted by Crippen LogP contribution is -2.05. The second kappa shape index (κ2) is 9.34. The first-order chi connectivity index (χ1) is 7.54. The molecular formula is C10H23O4PS. The Morgan fingerprint density at radius 2 is 1.50 bits per heavy atom. The van der Waals surface area contributed by atoms with Gasteiger partial charge in [-0.05, 0) is 12.8 Å². The Hall–Kier alpha value is 0.300. The minimum atomic E-state index is -3.14. The Morgan fingerprint density at radius 1 is 1.06 bits per heavy atom. The molecule has 0 aliphatic rings. The number of hydrogen-bond donors (Lipinski definition) is 0. The van der Waals surface area contributed by atoms with Gasteiger partial charge < -0.3 is 9.05 Å². The van der Waals surface area contributed by atoms with Crippen LogP contribution in [0.2, 0.25) is 0 Å². The van der Waals surface area contributed by atoms with E-state index in [0.717, 1.165) is 25.7 Å². The highest BCUT2D eigenvalue weighted by Crippen LogP contribution is 2.48. The van der Waals surface area contributed by atoms with Crippen LogP contribution in [0.25, 0.3) is 0 Å². The van der Waals surface area contributed by atoms with Crippen molar-refractivity contribution < 1.29 is 17.8 Å². The Bertz CT molecular complexity index is 231. The minimum Gasteiger partial charge on any atom is -0.308 e. The fraction of sp³-hybridized carbons (Fsp3) is 1.00. The molecule has 0 rings (SSSR count). The van der Waals surface area contributed by atoms with Crippen LogP contribution in [0, 0.1) is 0 Å². The van der Waals surface area contributed by atoms with Crippen LogP contribution in [0.15, 0.2) is 0 Å². The average Bonchev–Trinajstić information content (AvgIpc) is 2.17. The monoisotopic (exact) mass is 270 g/mol. The molecule has 0 aromatic rings. The van der Waals surface area contributed by atoms with Crippen molar-refractivity contribution in [1.82, 2.24) is 0 Å². The van der Waals surface area contributed by atoms with Crippen molar-refractivity contribution in [1.29, 1.82) is 0 Å². The molecule has 4 nitrogen and oxygen atoms in total. The lowest BCUT2D eigenvalue weighted by molar-refractivity contribution is 0.203. The third-order valence-corrected chi connectivity index (χ3v) is 5.78. The predicted octanol–water partition coefficient (Wildman–Crippen LogP) is 3.15. The molecule has 0 aromatic heterocycles. The number of rotatable bonds is 10. The maximum atomic E-state index is 12.1. The fourth-order valence-electron chi connectivity index (χ4n) is 1.03. The second-order valence-electron chi connectivity index (χ2n) is 3.69. The van der Waals surface area contributed by atoms with Crippen LogP contribution in [0.5, 0.6) is 0 Å². The van der Waals surface area contributed by atoms with Gasteiger partial charge >= 0.3 is 7.60 Å². The molecule has 1 atom stereocenters. The van der Waals surface area contributed by atoms with Crippen LogP contribution in [-0.2, 0) is 24.4 Å². The zero-order valence-corrected chi connectivity index (χ0v) is 12.1. The normalized spacial score (nSPS) is 13.9. The summed E-state index contributed by atoms with van der Waals surface area (Å²) in [6.07, 6.45) is 5.16. The van der Waals surface area contributed by atoms with E-state index in [9.17, 15) is 8.77 Å². The molecule has 0 fully saturated rings. The molecule has 0 saturated heterocycles. The van der Waals surface area contributed by atoms with Crippen LogP contribution in [0.1, 0.15) is 39.5 Å². The van der Waals surface area contributed by atoms with Gasteiger partial charge in [-0.2, -0.15) is 0 Å². The van der Waals surface area contributed by atoms with Gasteiger partial charge in [0.15, 0.2) is 0 Å². The van der Waals surface area contributed by atoms with Crippen LogP contribution in [0.3, 0.4) is 0 Å². The molecule has 0 saturated carbocycles. The Balaban J connectivity index is 4.13. The molecule has 0 aliphatic carbocycles. The SMILES string of the molecule is CCCCOP(=O)(CS(C)=O)OCCCC. The van der Waals surface area contributed by atoms with Gasteiger partial charge in [-0.25, -0.2) is 0 Å². The van der Waals surface area contributed by atoms with E-state index < -0.39 is 18.4 Å². The van der Waals surface area contributed by atoms with E-state index in [1.54, 1.807) is 0 Å². The van der Waals surface area contributed by atoms with E-state index >= 15 is 0 Å². The topological polar surface area (TPSA) is 52.6 Å². The summed E-state index contributed by atoms with van der Waals surface area (Å²) in [5.74, 6) is 0. The molecule has 6 heteroatoms. The van der Waals surface area contributed by atoms with Crippen LogP contribution in [-0.4, -0.2) is 29.2 Å². The summed E-state index contributed by atoms with van der Waals surface area (Å²) in [5.41, 5.74) is 0.000425. The van der Waals surface area contributed by atoms with Crippen molar-refractivity contribution in [2.45, 2.75) is 39.5 Å². The van der Waals surface area contributed by atoms with Gasteiger partial charge in [0, 0.05) is 17.1 Å². The maximum absolute atomic E-state index is 12.1. The fourth-order valence-corrected chi connectivity index (χ4v) is 4.30. The number of hydrogen-bond acceptors (Lipinski definition) is 4. The largest absolute Gasteiger partial charge is 0.343 e. The van der Waals surface area contributed by atoms with Crippen molar-refractivity contribution in [3.63, 3.8) is 0 Å². The quantitative estimate of drug-likeness (QED) is 0.452. The van der Waals surface area contributed by atoms with Crippen LogP contribution >= 0.6 is 7.60 Å². The summed E-state index contributed by atoms with van der Waals surface area (Å²) in [5, 5.41) is 0. The molecule has 1 unspecified atom stereocenters.